The lowest BCUT2D eigenvalue weighted by molar-refractivity contribution is 0.103. The molecule has 1 saturated heterocycles. The summed E-state index contributed by atoms with van der Waals surface area (Å²) < 4.78 is 5.60. The average molecular weight is 254 g/mol. The van der Waals surface area contributed by atoms with E-state index < -0.39 is 0 Å². The van der Waals surface area contributed by atoms with E-state index in [0.717, 1.165) is 24.6 Å². The van der Waals surface area contributed by atoms with Gasteiger partial charge in [0.05, 0.1) is 6.10 Å². The molecule has 2 nitrogen and oxygen atoms in total. The van der Waals surface area contributed by atoms with Crippen LogP contribution in [0.1, 0.15) is 37.8 Å². The largest absolute Gasteiger partial charge is 0.378 e. The van der Waals surface area contributed by atoms with Crippen molar-refractivity contribution in [3.63, 3.8) is 0 Å². The normalized spacial score (nSPS) is 21.6. The highest BCUT2D eigenvalue weighted by atomic mass is 35.5. The summed E-state index contributed by atoms with van der Waals surface area (Å²) in [6.07, 6.45) is 3.97. The van der Waals surface area contributed by atoms with Crippen molar-refractivity contribution in [2.45, 2.75) is 38.3 Å². The molecule has 1 aliphatic heterocycles. The molecule has 1 N–H and O–H groups in total. The van der Waals surface area contributed by atoms with Gasteiger partial charge in [-0.25, -0.2) is 0 Å². The number of ether oxygens (including phenoxy) is 1. The molecule has 1 fully saturated rings. The van der Waals surface area contributed by atoms with E-state index in [0.29, 0.717) is 12.1 Å². The Morgan fingerprint density at radius 2 is 2.29 bits per heavy atom. The van der Waals surface area contributed by atoms with E-state index in [-0.39, 0.29) is 0 Å². The van der Waals surface area contributed by atoms with Crippen molar-refractivity contribution in [1.29, 1.82) is 0 Å². The Morgan fingerprint density at radius 3 is 3.00 bits per heavy atom. The van der Waals surface area contributed by atoms with Gasteiger partial charge in [0.25, 0.3) is 0 Å². The molecular formula is C14H20ClNO. The van der Waals surface area contributed by atoms with Crippen LogP contribution < -0.4 is 5.32 Å². The average Bonchev–Trinajstić information content (AvgIpc) is 2.82. The summed E-state index contributed by atoms with van der Waals surface area (Å²) in [5.41, 5.74) is 1.17. The van der Waals surface area contributed by atoms with Gasteiger partial charge < -0.3 is 10.1 Å². The number of halogens is 1. The summed E-state index contributed by atoms with van der Waals surface area (Å²) in [5, 5.41) is 4.34. The molecule has 1 aromatic rings. The third-order valence-electron chi connectivity index (χ3n) is 3.31. The summed E-state index contributed by atoms with van der Waals surface area (Å²) >= 11 is 6.16. The maximum absolute atomic E-state index is 6.16. The van der Waals surface area contributed by atoms with E-state index in [2.05, 4.69) is 18.3 Å². The zero-order valence-electron chi connectivity index (χ0n) is 10.3. The lowest BCUT2D eigenvalue weighted by atomic mass is 10.1. The second-order valence-electron chi connectivity index (χ2n) is 4.62. The number of rotatable bonds is 5. The molecule has 94 valence electrons. The summed E-state index contributed by atoms with van der Waals surface area (Å²) in [4.78, 5) is 0. The zero-order chi connectivity index (χ0) is 12.1. The molecule has 1 aromatic carbocycles. The summed E-state index contributed by atoms with van der Waals surface area (Å²) in [5.74, 6) is 0. The van der Waals surface area contributed by atoms with Crippen molar-refractivity contribution in [3.05, 3.63) is 34.9 Å². The van der Waals surface area contributed by atoms with E-state index in [1.807, 2.05) is 18.2 Å². The number of hydrogen-bond donors (Lipinski definition) is 1. The van der Waals surface area contributed by atoms with Gasteiger partial charge in [0.15, 0.2) is 0 Å². The molecule has 1 aliphatic rings. The molecule has 0 saturated carbocycles. The first-order chi connectivity index (χ1) is 8.27. The van der Waals surface area contributed by atoms with E-state index in [1.165, 1.54) is 18.4 Å². The Hall–Kier alpha value is -0.570. The first-order valence-corrected chi connectivity index (χ1v) is 6.74. The van der Waals surface area contributed by atoms with Crippen molar-refractivity contribution >= 4 is 11.6 Å². The maximum atomic E-state index is 6.16. The second-order valence-corrected chi connectivity index (χ2v) is 5.03. The highest BCUT2D eigenvalue weighted by Crippen LogP contribution is 2.22. The number of nitrogens with one attached hydrogen (secondary N) is 1. The minimum Gasteiger partial charge on any atom is -0.378 e. The highest BCUT2D eigenvalue weighted by Gasteiger charge is 2.15. The molecule has 1 heterocycles. The highest BCUT2D eigenvalue weighted by molar-refractivity contribution is 6.31. The lowest BCUT2D eigenvalue weighted by Gasteiger charge is -2.17. The molecule has 0 radical (unpaired) electrons. The molecule has 0 amide bonds. The van der Waals surface area contributed by atoms with Crippen LogP contribution in [0.25, 0.3) is 0 Å². The second kappa shape index (κ2) is 6.39. The lowest BCUT2D eigenvalue weighted by Crippen LogP contribution is -2.23. The molecule has 2 atom stereocenters. The van der Waals surface area contributed by atoms with E-state index in [1.54, 1.807) is 0 Å². The van der Waals surface area contributed by atoms with Crippen LogP contribution in [0.15, 0.2) is 24.3 Å². The summed E-state index contributed by atoms with van der Waals surface area (Å²) in [6, 6.07) is 8.30. The van der Waals surface area contributed by atoms with Gasteiger partial charge in [-0.15, -0.1) is 0 Å². The van der Waals surface area contributed by atoms with Gasteiger partial charge >= 0.3 is 0 Å². The fourth-order valence-electron chi connectivity index (χ4n) is 2.27. The molecule has 0 aliphatic carbocycles. The Bertz CT molecular complexity index is 350. The van der Waals surface area contributed by atoms with Gasteiger partial charge in [-0.2, -0.15) is 0 Å². The quantitative estimate of drug-likeness (QED) is 0.866. The van der Waals surface area contributed by atoms with Gasteiger partial charge in [-0.1, -0.05) is 29.8 Å². The van der Waals surface area contributed by atoms with E-state index in [4.69, 9.17) is 16.3 Å². The van der Waals surface area contributed by atoms with Crippen LogP contribution in [0.2, 0.25) is 5.02 Å². The van der Waals surface area contributed by atoms with Crippen molar-refractivity contribution < 1.29 is 4.74 Å². The van der Waals surface area contributed by atoms with Crippen LogP contribution in [-0.2, 0) is 4.74 Å². The molecule has 0 aromatic heterocycles. The standard InChI is InChI=1S/C14H20ClNO/c1-11(13-6-2-3-7-14(13)15)16-9-8-12-5-4-10-17-12/h2-3,6-7,11-12,16H,4-5,8-10H2,1H3/t11-,12?/m1/s1. The molecule has 2 rings (SSSR count). The van der Waals surface area contributed by atoms with Crippen molar-refractivity contribution in [2.75, 3.05) is 13.2 Å². The third kappa shape index (κ3) is 3.70. The number of hydrogen-bond acceptors (Lipinski definition) is 2. The zero-order valence-corrected chi connectivity index (χ0v) is 11.0. The summed E-state index contributed by atoms with van der Waals surface area (Å²) in [7, 11) is 0. The minimum atomic E-state index is 0.296. The Kier molecular flexibility index (Phi) is 4.84. The SMILES string of the molecule is C[C@@H](NCCC1CCCO1)c1ccccc1Cl. The fourth-order valence-corrected chi connectivity index (χ4v) is 2.57. The predicted octanol–water partition coefficient (Wildman–Crippen LogP) is 3.56. The third-order valence-corrected chi connectivity index (χ3v) is 3.66. The van der Waals surface area contributed by atoms with Crippen molar-refractivity contribution in [1.82, 2.24) is 5.32 Å². The van der Waals surface area contributed by atoms with Crippen LogP contribution >= 0.6 is 11.6 Å². The first kappa shape index (κ1) is 12.9. The fraction of sp³-hybridized carbons (Fsp3) is 0.571. The Morgan fingerprint density at radius 1 is 1.47 bits per heavy atom. The summed E-state index contributed by atoms with van der Waals surface area (Å²) in [6.45, 7) is 4.07. The van der Waals surface area contributed by atoms with Gasteiger partial charge in [0.2, 0.25) is 0 Å². The molecule has 17 heavy (non-hydrogen) atoms. The van der Waals surface area contributed by atoms with Gasteiger partial charge in [-0.3, -0.25) is 0 Å². The Labute approximate surface area is 108 Å². The van der Waals surface area contributed by atoms with Gasteiger partial charge in [0, 0.05) is 17.7 Å². The van der Waals surface area contributed by atoms with Gasteiger partial charge in [0.1, 0.15) is 0 Å². The monoisotopic (exact) mass is 253 g/mol. The minimum absolute atomic E-state index is 0.296. The predicted molar refractivity (Wildman–Crippen MR) is 71.5 cm³/mol. The van der Waals surface area contributed by atoms with Crippen LogP contribution in [0.4, 0.5) is 0 Å². The molecular weight excluding hydrogens is 234 g/mol. The maximum Gasteiger partial charge on any atom is 0.0588 e. The first-order valence-electron chi connectivity index (χ1n) is 6.37. The molecule has 3 heteroatoms. The van der Waals surface area contributed by atoms with E-state index >= 15 is 0 Å². The topological polar surface area (TPSA) is 21.3 Å². The van der Waals surface area contributed by atoms with Crippen LogP contribution in [0.5, 0.6) is 0 Å². The smallest absolute Gasteiger partial charge is 0.0588 e. The van der Waals surface area contributed by atoms with Gasteiger partial charge in [-0.05, 0) is 44.4 Å². The van der Waals surface area contributed by atoms with Crippen molar-refractivity contribution in [2.24, 2.45) is 0 Å². The van der Waals surface area contributed by atoms with Crippen LogP contribution in [0.3, 0.4) is 0 Å². The van der Waals surface area contributed by atoms with Crippen LogP contribution in [0, 0.1) is 0 Å². The molecule has 0 spiro atoms. The molecule has 0 bridgehead atoms. The van der Waals surface area contributed by atoms with Crippen molar-refractivity contribution in [3.8, 4) is 0 Å². The Balaban J connectivity index is 1.77. The van der Waals surface area contributed by atoms with E-state index in [9.17, 15) is 0 Å². The number of benzene rings is 1. The molecule has 1 unspecified atom stereocenters. The van der Waals surface area contributed by atoms with Crippen LogP contribution in [-0.4, -0.2) is 19.3 Å².